The SMILES string of the molecule is CCC(=O)N1c2ccccc2-c2nnc(SCC(C)C)nc2O[C@@H]1c1c(F)cccc1Cl. The number of carbonyl (C=O) groups excluding carboxylic acids is 1. The van der Waals surface area contributed by atoms with Gasteiger partial charge in [-0.05, 0) is 24.1 Å². The van der Waals surface area contributed by atoms with Crippen molar-refractivity contribution in [1.29, 1.82) is 0 Å². The van der Waals surface area contributed by atoms with Crippen LogP contribution in [0.3, 0.4) is 0 Å². The molecule has 1 atom stereocenters. The Bertz CT molecular complexity index is 1140. The Kier molecular flexibility index (Phi) is 6.62. The van der Waals surface area contributed by atoms with E-state index in [0.717, 1.165) is 5.75 Å². The number of nitrogens with zero attached hydrogens (tertiary/aromatic N) is 4. The fraction of sp³-hybridized carbons (Fsp3) is 0.304. The number of halogens is 2. The summed E-state index contributed by atoms with van der Waals surface area (Å²) in [6.07, 6.45) is -0.969. The molecule has 1 aliphatic rings. The van der Waals surface area contributed by atoms with Crippen molar-refractivity contribution in [3.63, 3.8) is 0 Å². The summed E-state index contributed by atoms with van der Waals surface area (Å²) in [5.41, 5.74) is 1.60. The van der Waals surface area contributed by atoms with Crippen LogP contribution >= 0.6 is 23.4 Å². The maximum absolute atomic E-state index is 15.0. The van der Waals surface area contributed by atoms with Gasteiger partial charge in [-0.3, -0.25) is 9.69 Å². The van der Waals surface area contributed by atoms with Gasteiger partial charge >= 0.3 is 0 Å². The zero-order valence-electron chi connectivity index (χ0n) is 17.9. The number of rotatable bonds is 5. The van der Waals surface area contributed by atoms with Gasteiger partial charge in [-0.2, -0.15) is 4.98 Å². The van der Waals surface area contributed by atoms with Gasteiger partial charge in [-0.1, -0.05) is 68.4 Å². The van der Waals surface area contributed by atoms with Crippen molar-refractivity contribution in [2.75, 3.05) is 10.7 Å². The number of fused-ring (bicyclic) bond motifs is 3. The third-order valence-corrected chi connectivity index (χ3v) is 6.47. The highest BCUT2D eigenvalue weighted by atomic mass is 35.5. The summed E-state index contributed by atoms with van der Waals surface area (Å²) in [6.45, 7) is 5.93. The number of para-hydroxylation sites is 1. The molecular formula is C23H22ClFN4O2S. The molecule has 0 saturated heterocycles. The van der Waals surface area contributed by atoms with Crippen LogP contribution in [0.2, 0.25) is 5.02 Å². The van der Waals surface area contributed by atoms with E-state index in [-0.39, 0.29) is 28.8 Å². The van der Waals surface area contributed by atoms with Crippen molar-refractivity contribution in [1.82, 2.24) is 15.2 Å². The predicted octanol–water partition coefficient (Wildman–Crippen LogP) is 5.91. The lowest BCUT2D eigenvalue weighted by Crippen LogP contribution is -2.38. The summed E-state index contributed by atoms with van der Waals surface area (Å²) in [5.74, 6) is 0.590. The van der Waals surface area contributed by atoms with Gasteiger partial charge in [0.25, 0.3) is 0 Å². The molecule has 0 saturated carbocycles. The number of aromatic nitrogens is 3. The lowest BCUT2D eigenvalue weighted by Gasteiger charge is -2.31. The minimum Gasteiger partial charge on any atom is -0.447 e. The standard InChI is InChI=1S/C23H22ClFN4O2S/c1-4-18(30)29-17-11-6-5-8-14(17)20-21(26-23(28-27-20)32-12-13(2)3)31-22(29)19-15(24)9-7-10-16(19)25/h5-11,13,22H,4,12H2,1-3H3/t22-/m1/s1. The molecule has 3 aromatic rings. The van der Waals surface area contributed by atoms with Gasteiger partial charge in [0.1, 0.15) is 5.82 Å². The Labute approximate surface area is 195 Å². The van der Waals surface area contributed by atoms with E-state index < -0.39 is 12.0 Å². The normalized spacial score (nSPS) is 15.1. The number of hydrogen-bond acceptors (Lipinski definition) is 6. The highest BCUT2D eigenvalue weighted by molar-refractivity contribution is 7.99. The number of anilines is 1. The molecule has 166 valence electrons. The van der Waals surface area contributed by atoms with E-state index >= 15 is 0 Å². The van der Waals surface area contributed by atoms with Crippen LogP contribution in [0.15, 0.2) is 47.6 Å². The third kappa shape index (κ3) is 4.29. The molecule has 0 bridgehead atoms. The van der Waals surface area contributed by atoms with E-state index in [1.54, 1.807) is 25.1 Å². The van der Waals surface area contributed by atoms with Gasteiger partial charge in [-0.25, -0.2) is 4.39 Å². The minimum atomic E-state index is -1.15. The highest BCUT2D eigenvalue weighted by Crippen LogP contribution is 2.45. The second-order valence-corrected chi connectivity index (χ2v) is 9.09. The van der Waals surface area contributed by atoms with Crippen molar-refractivity contribution in [3.05, 3.63) is 58.9 Å². The molecular weight excluding hydrogens is 451 g/mol. The van der Waals surface area contributed by atoms with Crippen LogP contribution in [0.25, 0.3) is 11.3 Å². The van der Waals surface area contributed by atoms with Crippen molar-refractivity contribution in [3.8, 4) is 17.1 Å². The number of benzene rings is 2. The molecule has 9 heteroatoms. The quantitative estimate of drug-likeness (QED) is 0.430. The van der Waals surface area contributed by atoms with Gasteiger partial charge in [0.2, 0.25) is 23.2 Å². The lowest BCUT2D eigenvalue weighted by molar-refractivity contribution is -0.120. The van der Waals surface area contributed by atoms with E-state index in [1.807, 2.05) is 12.1 Å². The van der Waals surface area contributed by atoms with Crippen LogP contribution in [-0.2, 0) is 4.79 Å². The van der Waals surface area contributed by atoms with Crippen LogP contribution in [0.4, 0.5) is 10.1 Å². The second-order valence-electron chi connectivity index (χ2n) is 7.69. The van der Waals surface area contributed by atoms with Crippen molar-refractivity contribution >= 4 is 35.0 Å². The number of ether oxygens (including phenoxy) is 1. The number of hydrogen-bond donors (Lipinski definition) is 0. The van der Waals surface area contributed by atoms with Crippen molar-refractivity contribution in [2.45, 2.75) is 38.6 Å². The first-order valence-corrected chi connectivity index (χ1v) is 11.7. The van der Waals surface area contributed by atoms with Crippen LogP contribution in [-0.4, -0.2) is 26.8 Å². The Morgan fingerprint density at radius 1 is 1.22 bits per heavy atom. The smallest absolute Gasteiger partial charge is 0.247 e. The second kappa shape index (κ2) is 9.42. The summed E-state index contributed by atoms with van der Waals surface area (Å²) >= 11 is 7.85. The molecule has 0 fully saturated rings. The summed E-state index contributed by atoms with van der Waals surface area (Å²) < 4.78 is 21.2. The van der Waals surface area contributed by atoms with Crippen molar-refractivity contribution in [2.24, 2.45) is 5.92 Å². The topological polar surface area (TPSA) is 68.2 Å². The van der Waals surface area contributed by atoms with Crippen LogP contribution in [0, 0.1) is 11.7 Å². The first-order valence-electron chi connectivity index (χ1n) is 10.3. The van der Waals surface area contributed by atoms with E-state index in [2.05, 4.69) is 29.0 Å². The van der Waals surface area contributed by atoms with Crippen molar-refractivity contribution < 1.29 is 13.9 Å². The van der Waals surface area contributed by atoms with Gasteiger partial charge in [-0.15, -0.1) is 10.2 Å². The van der Waals surface area contributed by atoms with Gasteiger partial charge < -0.3 is 4.74 Å². The molecule has 2 heterocycles. The van der Waals surface area contributed by atoms with Gasteiger partial charge in [0.05, 0.1) is 16.3 Å². The zero-order chi connectivity index (χ0) is 22.8. The molecule has 0 unspecified atom stereocenters. The van der Waals surface area contributed by atoms with Crippen LogP contribution in [0.1, 0.15) is 39.0 Å². The average molecular weight is 473 g/mol. The summed E-state index contributed by atoms with van der Waals surface area (Å²) in [6, 6.07) is 11.6. The number of thioether (sulfide) groups is 1. The number of carbonyl (C=O) groups is 1. The fourth-order valence-electron chi connectivity index (χ4n) is 3.39. The van der Waals surface area contributed by atoms with Crippen LogP contribution < -0.4 is 9.64 Å². The van der Waals surface area contributed by atoms with Gasteiger partial charge in [0, 0.05) is 17.7 Å². The predicted molar refractivity (Wildman–Crippen MR) is 123 cm³/mol. The Hall–Kier alpha value is -2.71. The third-order valence-electron chi connectivity index (χ3n) is 4.88. The number of amides is 1. The molecule has 2 aromatic carbocycles. The lowest BCUT2D eigenvalue weighted by atomic mass is 10.1. The highest BCUT2D eigenvalue weighted by Gasteiger charge is 2.37. The van der Waals surface area contributed by atoms with E-state index in [0.29, 0.717) is 28.0 Å². The average Bonchev–Trinajstić information content (AvgIpc) is 2.91. The largest absolute Gasteiger partial charge is 0.447 e. The molecule has 0 radical (unpaired) electrons. The van der Waals surface area contributed by atoms with E-state index in [4.69, 9.17) is 16.3 Å². The Morgan fingerprint density at radius 3 is 2.72 bits per heavy atom. The molecule has 0 N–H and O–H groups in total. The molecule has 0 aliphatic carbocycles. The summed E-state index contributed by atoms with van der Waals surface area (Å²) in [7, 11) is 0. The van der Waals surface area contributed by atoms with E-state index in [1.165, 1.54) is 28.8 Å². The molecule has 1 aromatic heterocycles. The van der Waals surface area contributed by atoms with E-state index in [9.17, 15) is 9.18 Å². The maximum Gasteiger partial charge on any atom is 0.247 e. The van der Waals surface area contributed by atoms with Gasteiger partial charge in [0.15, 0.2) is 5.69 Å². The first-order chi connectivity index (χ1) is 15.4. The van der Waals surface area contributed by atoms with Crippen LogP contribution in [0.5, 0.6) is 5.88 Å². The Balaban J connectivity index is 1.93. The maximum atomic E-state index is 15.0. The molecule has 32 heavy (non-hydrogen) atoms. The molecule has 4 rings (SSSR count). The molecule has 1 amide bonds. The molecule has 0 spiro atoms. The summed E-state index contributed by atoms with van der Waals surface area (Å²) in [4.78, 5) is 19.1. The Morgan fingerprint density at radius 2 is 2.00 bits per heavy atom. The monoisotopic (exact) mass is 472 g/mol. The minimum absolute atomic E-state index is 0.0635. The fourth-order valence-corrected chi connectivity index (χ4v) is 4.37. The molecule has 6 nitrogen and oxygen atoms in total. The zero-order valence-corrected chi connectivity index (χ0v) is 19.5. The molecule has 1 aliphatic heterocycles. The first kappa shape index (κ1) is 22.5. The summed E-state index contributed by atoms with van der Waals surface area (Å²) in [5, 5.41) is 9.22.